The molecular weight excluding hydrogens is 292 g/mol. The molecule has 1 aromatic carbocycles. The number of rotatable bonds is 4. The number of nitrogens with zero attached hydrogens (tertiary/aromatic N) is 1. The molecule has 1 aromatic rings. The van der Waals surface area contributed by atoms with Crippen molar-refractivity contribution in [3.63, 3.8) is 0 Å². The summed E-state index contributed by atoms with van der Waals surface area (Å²) >= 11 is 11.1. The molecule has 0 radical (unpaired) electrons. The fourth-order valence-electron chi connectivity index (χ4n) is 2.74. The average Bonchev–Trinajstić information content (AvgIpc) is 2.92. The van der Waals surface area contributed by atoms with Gasteiger partial charge < -0.3 is 10.6 Å². The van der Waals surface area contributed by atoms with E-state index in [4.69, 9.17) is 29.6 Å². The van der Waals surface area contributed by atoms with E-state index in [1.807, 2.05) is 17.9 Å². The maximum absolute atomic E-state index is 12.8. The summed E-state index contributed by atoms with van der Waals surface area (Å²) in [5.74, 6) is -0.0234. The predicted molar refractivity (Wildman–Crippen MR) is 86.3 cm³/mol. The van der Waals surface area contributed by atoms with E-state index in [1.54, 1.807) is 12.1 Å². The number of benzene rings is 1. The zero-order valence-electron chi connectivity index (χ0n) is 11.6. The van der Waals surface area contributed by atoms with Gasteiger partial charge in [0.15, 0.2) is 0 Å². The molecule has 5 heteroatoms. The normalized spacial score (nSPS) is 15.3. The lowest BCUT2D eigenvalue weighted by atomic mass is 10.1. The maximum atomic E-state index is 12.8. The van der Waals surface area contributed by atoms with Gasteiger partial charge in [-0.1, -0.05) is 42.7 Å². The molecule has 1 saturated carbocycles. The fourth-order valence-corrected chi connectivity index (χ4v) is 3.06. The van der Waals surface area contributed by atoms with Crippen molar-refractivity contribution in [2.45, 2.75) is 38.6 Å². The third-order valence-corrected chi connectivity index (χ3v) is 4.39. The van der Waals surface area contributed by atoms with Crippen LogP contribution in [0.3, 0.4) is 0 Å². The highest BCUT2D eigenvalue weighted by molar-refractivity contribution is 7.80. The van der Waals surface area contributed by atoms with Crippen molar-refractivity contribution in [3.05, 3.63) is 34.3 Å². The number of carbonyl (C=O) groups is 1. The van der Waals surface area contributed by atoms with Crippen LogP contribution in [0.4, 0.5) is 0 Å². The van der Waals surface area contributed by atoms with Crippen LogP contribution in [0.5, 0.6) is 0 Å². The van der Waals surface area contributed by atoms with E-state index in [0.29, 0.717) is 22.1 Å². The van der Waals surface area contributed by atoms with E-state index < -0.39 is 0 Å². The van der Waals surface area contributed by atoms with Crippen molar-refractivity contribution >= 4 is 34.7 Å². The monoisotopic (exact) mass is 310 g/mol. The summed E-state index contributed by atoms with van der Waals surface area (Å²) in [6, 6.07) is 5.64. The van der Waals surface area contributed by atoms with E-state index in [-0.39, 0.29) is 11.9 Å². The van der Waals surface area contributed by atoms with Gasteiger partial charge in [-0.2, -0.15) is 0 Å². The molecule has 1 aliphatic carbocycles. The second-order valence-corrected chi connectivity index (χ2v) is 6.18. The topological polar surface area (TPSA) is 46.3 Å². The zero-order valence-corrected chi connectivity index (χ0v) is 13.1. The highest BCUT2D eigenvalue weighted by Crippen LogP contribution is 2.27. The maximum Gasteiger partial charge on any atom is 0.254 e. The highest BCUT2D eigenvalue weighted by atomic mass is 35.5. The van der Waals surface area contributed by atoms with Gasteiger partial charge >= 0.3 is 0 Å². The molecule has 1 amide bonds. The minimum Gasteiger partial charge on any atom is -0.392 e. The molecule has 1 fully saturated rings. The number of hydrogen-bond donors (Lipinski definition) is 1. The van der Waals surface area contributed by atoms with Gasteiger partial charge in [0.05, 0.1) is 11.5 Å². The Morgan fingerprint density at radius 3 is 2.70 bits per heavy atom. The van der Waals surface area contributed by atoms with Crippen LogP contribution in [-0.4, -0.2) is 28.4 Å². The number of nitrogens with two attached hydrogens (primary N) is 1. The van der Waals surface area contributed by atoms with Crippen molar-refractivity contribution in [1.82, 2.24) is 4.90 Å². The van der Waals surface area contributed by atoms with Crippen molar-refractivity contribution in [3.8, 4) is 0 Å². The van der Waals surface area contributed by atoms with Crippen LogP contribution >= 0.6 is 23.8 Å². The van der Waals surface area contributed by atoms with Crippen LogP contribution in [0.2, 0.25) is 5.02 Å². The highest BCUT2D eigenvalue weighted by Gasteiger charge is 2.28. The zero-order chi connectivity index (χ0) is 14.7. The smallest absolute Gasteiger partial charge is 0.254 e. The van der Waals surface area contributed by atoms with Gasteiger partial charge in [-0.05, 0) is 37.5 Å². The van der Waals surface area contributed by atoms with Gasteiger partial charge in [0.2, 0.25) is 0 Å². The second kappa shape index (κ2) is 6.55. The molecule has 0 saturated heterocycles. The molecule has 108 valence electrons. The van der Waals surface area contributed by atoms with Crippen molar-refractivity contribution in [1.29, 1.82) is 0 Å². The lowest BCUT2D eigenvalue weighted by Gasteiger charge is -2.29. The lowest BCUT2D eigenvalue weighted by Crippen LogP contribution is -2.43. The van der Waals surface area contributed by atoms with Crippen molar-refractivity contribution < 1.29 is 4.79 Å². The molecule has 0 aromatic heterocycles. The Morgan fingerprint density at radius 2 is 2.10 bits per heavy atom. The van der Waals surface area contributed by atoms with Gasteiger partial charge in [-0.3, -0.25) is 4.79 Å². The van der Waals surface area contributed by atoms with E-state index in [2.05, 4.69) is 0 Å². The Labute approximate surface area is 130 Å². The number of carbonyl (C=O) groups excluding carboxylic acids is 1. The summed E-state index contributed by atoms with van der Waals surface area (Å²) < 4.78 is 0. The number of hydrogen-bond acceptors (Lipinski definition) is 2. The molecular formula is C15H19ClN2OS. The predicted octanol–water partition coefficient (Wildman–Crippen LogP) is 3.32. The van der Waals surface area contributed by atoms with Crippen molar-refractivity contribution in [2.75, 3.05) is 6.54 Å². The number of halogens is 1. The third-order valence-electron chi connectivity index (χ3n) is 3.85. The Balaban J connectivity index is 2.29. The first-order valence-corrected chi connectivity index (χ1v) is 7.63. The summed E-state index contributed by atoms with van der Waals surface area (Å²) in [6.07, 6.45) is 4.35. The Bertz CT molecular complexity index is 527. The summed E-state index contributed by atoms with van der Waals surface area (Å²) in [4.78, 5) is 15.0. The Kier molecular flexibility index (Phi) is 5.00. The first-order valence-electron chi connectivity index (χ1n) is 6.85. The van der Waals surface area contributed by atoms with Gasteiger partial charge in [0.25, 0.3) is 5.91 Å². The number of amides is 1. The fraction of sp³-hybridized carbons (Fsp3) is 0.467. The minimum absolute atomic E-state index is 0.0234. The van der Waals surface area contributed by atoms with E-state index in [9.17, 15) is 4.79 Å². The van der Waals surface area contributed by atoms with Crippen LogP contribution < -0.4 is 5.73 Å². The quantitative estimate of drug-likeness (QED) is 0.868. The molecule has 3 nitrogen and oxygen atoms in total. The molecule has 0 bridgehead atoms. The molecule has 0 heterocycles. The molecule has 0 spiro atoms. The van der Waals surface area contributed by atoms with Gasteiger partial charge in [0, 0.05) is 16.6 Å². The average molecular weight is 311 g/mol. The molecule has 0 atom stereocenters. The van der Waals surface area contributed by atoms with Crippen LogP contribution in [0.15, 0.2) is 18.2 Å². The van der Waals surface area contributed by atoms with Crippen LogP contribution in [0.1, 0.15) is 41.6 Å². The van der Waals surface area contributed by atoms with E-state index >= 15 is 0 Å². The SMILES string of the molecule is Cc1c(Cl)cccc1C(=O)N(CC(N)=S)C1CCCC1. The molecule has 2 N–H and O–H groups in total. The summed E-state index contributed by atoms with van der Waals surface area (Å²) in [5.41, 5.74) is 7.11. The van der Waals surface area contributed by atoms with E-state index in [1.165, 1.54) is 0 Å². The first-order chi connectivity index (χ1) is 9.50. The molecule has 0 unspecified atom stereocenters. The standard InChI is InChI=1S/C15H19ClN2OS/c1-10-12(7-4-8-13(10)16)15(19)18(9-14(17)20)11-5-2-3-6-11/h4,7-8,11H,2-3,5-6,9H2,1H3,(H2,17,20). The molecule has 20 heavy (non-hydrogen) atoms. The van der Waals surface area contributed by atoms with Gasteiger partial charge in [-0.25, -0.2) is 0 Å². The first kappa shape index (κ1) is 15.3. The number of thiocarbonyl (C=S) groups is 1. The summed E-state index contributed by atoms with van der Waals surface area (Å²) in [6.45, 7) is 2.20. The molecule has 0 aliphatic heterocycles. The van der Waals surface area contributed by atoms with E-state index in [0.717, 1.165) is 31.2 Å². The van der Waals surface area contributed by atoms with Crippen LogP contribution in [0.25, 0.3) is 0 Å². The molecule has 1 aliphatic rings. The second-order valence-electron chi connectivity index (χ2n) is 5.25. The third kappa shape index (κ3) is 3.30. The summed E-state index contributed by atoms with van der Waals surface area (Å²) in [5, 5.41) is 0.609. The lowest BCUT2D eigenvalue weighted by molar-refractivity contribution is 0.0714. The van der Waals surface area contributed by atoms with Crippen LogP contribution in [0, 0.1) is 6.92 Å². The Hall–Kier alpha value is -1.13. The van der Waals surface area contributed by atoms with Gasteiger partial charge in [-0.15, -0.1) is 0 Å². The molecule has 2 rings (SSSR count). The van der Waals surface area contributed by atoms with Crippen LogP contribution in [-0.2, 0) is 0 Å². The largest absolute Gasteiger partial charge is 0.392 e. The minimum atomic E-state index is -0.0234. The Morgan fingerprint density at radius 1 is 1.45 bits per heavy atom. The van der Waals surface area contributed by atoms with Gasteiger partial charge in [0.1, 0.15) is 0 Å². The summed E-state index contributed by atoms with van der Waals surface area (Å²) in [7, 11) is 0. The van der Waals surface area contributed by atoms with Crippen molar-refractivity contribution in [2.24, 2.45) is 5.73 Å².